The molecular formula is C28H28F3N7. The number of alkyl halides is 3. The van der Waals surface area contributed by atoms with Gasteiger partial charge in [0.1, 0.15) is 11.3 Å². The van der Waals surface area contributed by atoms with Crippen molar-refractivity contribution in [3.05, 3.63) is 82.9 Å². The molecule has 0 amide bonds. The molecule has 38 heavy (non-hydrogen) atoms. The minimum atomic E-state index is -4.50. The first kappa shape index (κ1) is 25.4. The standard InChI is InChI=1S/C28H28F3N7/c1-16(2)23-17(3)7-6-8-20(23)24-33-13-21-26(35-24)38(27(32)37(21)5)14-18-9-11-19(12-10-18)25-34-22(15-36(25)4)28(29,30)31/h6-13,15-16,32H,14H2,1-5H3. The van der Waals surface area contributed by atoms with Gasteiger partial charge in [0.15, 0.2) is 17.2 Å². The molecule has 0 aliphatic heterocycles. The molecule has 0 saturated heterocycles. The van der Waals surface area contributed by atoms with Crippen molar-refractivity contribution in [3.8, 4) is 22.8 Å². The van der Waals surface area contributed by atoms with Crippen molar-refractivity contribution in [2.45, 2.75) is 39.4 Å². The first-order valence-electron chi connectivity index (χ1n) is 12.2. The Hall–Kier alpha value is -4.21. The summed E-state index contributed by atoms with van der Waals surface area (Å²) in [4.78, 5) is 13.3. The zero-order valence-electron chi connectivity index (χ0n) is 21.8. The third-order valence-corrected chi connectivity index (χ3v) is 6.80. The van der Waals surface area contributed by atoms with Gasteiger partial charge in [0.05, 0.1) is 12.7 Å². The summed E-state index contributed by atoms with van der Waals surface area (Å²) in [7, 11) is 3.35. The van der Waals surface area contributed by atoms with Gasteiger partial charge >= 0.3 is 6.18 Å². The Morgan fingerprint density at radius 3 is 2.34 bits per heavy atom. The van der Waals surface area contributed by atoms with E-state index in [1.807, 2.05) is 28.8 Å². The molecule has 0 atom stereocenters. The van der Waals surface area contributed by atoms with Crippen LogP contribution in [0.1, 0.15) is 42.1 Å². The number of hydrogen-bond donors (Lipinski definition) is 1. The summed E-state index contributed by atoms with van der Waals surface area (Å²) in [5.74, 6) is 1.14. The SMILES string of the molecule is Cc1cccc(-c2ncc3c(n2)n(Cc2ccc(-c4nc(C(F)(F)F)cn4C)cc2)c(=N)n3C)c1C(C)C. The highest BCUT2D eigenvalue weighted by Gasteiger charge is 2.34. The molecule has 2 aromatic carbocycles. The summed E-state index contributed by atoms with van der Waals surface area (Å²) in [6.07, 6.45) is -1.76. The molecule has 7 nitrogen and oxygen atoms in total. The molecule has 5 aromatic rings. The van der Waals surface area contributed by atoms with Gasteiger partial charge in [-0.2, -0.15) is 13.2 Å². The van der Waals surface area contributed by atoms with Crippen LogP contribution >= 0.6 is 0 Å². The maximum absolute atomic E-state index is 13.1. The van der Waals surface area contributed by atoms with E-state index < -0.39 is 11.9 Å². The summed E-state index contributed by atoms with van der Waals surface area (Å²) in [6, 6.07) is 13.3. The van der Waals surface area contributed by atoms with Gasteiger partial charge in [-0.3, -0.25) is 9.98 Å². The van der Waals surface area contributed by atoms with Gasteiger partial charge in [-0.1, -0.05) is 56.3 Å². The van der Waals surface area contributed by atoms with Crippen LogP contribution in [0.2, 0.25) is 0 Å². The van der Waals surface area contributed by atoms with E-state index in [9.17, 15) is 13.2 Å². The van der Waals surface area contributed by atoms with Crippen LogP contribution in [0.3, 0.4) is 0 Å². The Labute approximate surface area is 217 Å². The minimum absolute atomic E-state index is 0.236. The number of rotatable bonds is 5. The highest BCUT2D eigenvalue weighted by molar-refractivity contribution is 5.75. The smallest absolute Gasteiger partial charge is 0.333 e. The predicted molar refractivity (Wildman–Crippen MR) is 139 cm³/mol. The first-order valence-corrected chi connectivity index (χ1v) is 12.2. The van der Waals surface area contributed by atoms with E-state index in [1.54, 1.807) is 37.0 Å². The zero-order valence-corrected chi connectivity index (χ0v) is 21.8. The average Bonchev–Trinajstić information content (AvgIpc) is 3.37. The van der Waals surface area contributed by atoms with Gasteiger partial charge < -0.3 is 9.13 Å². The van der Waals surface area contributed by atoms with Crippen LogP contribution in [0.25, 0.3) is 33.9 Å². The number of benzene rings is 2. The summed E-state index contributed by atoms with van der Waals surface area (Å²) < 4.78 is 44.2. The summed E-state index contributed by atoms with van der Waals surface area (Å²) in [5, 5.41) is 8.70. The highest BCUT2D eigenvalue weighted by atomic mass is 19.4. The number of nitrogens with zero attached hydrogens (tertiary/aromatic N) is 6. The number of hydrogen-bond acceptors (Lipinski definition) is 4. The molecule has 196 valence electrons. The lowest BCUT2D eigenvalue weighted by molar-refractivity contribution is -0.140. The van der Waals surface area contributed by atoms with Crippen LogP contribution in [-0.2, 0) is 26.8 Å². The van der Waals surface area contributed by atoms with Crippen LogP contribution < -0.4 is 5.62 Å². The summed E-state index contributed by atoms with van der Waals surface area (Å²) in [5.41, 5.74) is 5.52. The van der Waals surface area contributed by atoms with E-state index in [1.165, 1.54) is 15.7 Å². The zero-order chi connectivity index (χ0) is 27.4. The van der Waals surface area contributed by atoms with Crippen LogP contribution in [0.5, 0.6) is 0 Å². The second-order valence-corrected chi connectivity index (χ2v) is 9.82. The Kier molecular flexibility index (Phi) is 6.21. The number of aromatic nitrogens is 6. The number of imidazole rings is 2. The minimum Gasteiger partial charge on any atom is -0.333 e. The van der Waals surface area contributed by atoms with Crippen molar-refractivity contribution in [1.82, 2.24) is 28.7 Å². The molecule has 0 unspecified atom stereocenters. The summed E-state index contributed by atoms with van der Waals surface area (Å²) in [6.45, 7) is 6.74. The fourth-order valence-electron chi connectivity index (χ4n) is 4.93. The van der Waals surface area contributed by atoms with Gasteiger partial charge in [0.25, 0.3) is 0 Å². The normalized spacial score (nSPS) is 12.1. The second kappa shape index (κ2) is 9.27. The van der Waals surface area contributed by atoms with Crippen LogP contribution in [0, 0.1) is 12.3 Å². The van der Waals surface area contributed by atoms with Crippen molar-refractivity contribution in [1.29, 1.82) is 5.41 Å². The molecule has 0 fully saturated rings. The van der Waals surface area contributed by atoms with Crippen molar-refractivity contribution in [2.75, 3.05) is 0 Å². The van der Waals surface area contributed by atoms with E-state index in [0.717, 1.165) is 22.8 Å². The largest absolute Gasteiger partial charge is 0.434 e. The fourth-order valence-corrected chi connectivity index (χ4v) is 4.93. The van der Waals surface area contributed by atoms with Crippen molar-refractivity contribution >= 4 is 11.2 Å². The number of aryl methyl sites for hydroxylation is 3. The molecule has 0 spiro atoms. The maximum atomic E-state index is 13.1. The van der Waals surface area contributed by atoms with E-state index in [-0.39, 0.29) is 11.4 Å². The molecular weight excluding hydrogens is 491 g/mol. The quantitative estimate of drug-likeness (QED) is 0.318. The predicted octanol–water partition coefficient (Wildman–Crippen LogP) is 5.82. The third kappa shape index (κ3) is 4.40. The van der Waals surface area contributed by atoms with Crippen LogP contribution in [0.15, 0.2) is 54.9 Å². The fraction of sp³-hybridized carbons (Fsp3) is 0.286. The van der Waals surface area contributed by atoms with Crippen molar-refractivity contribution in [2.24, 2.45) is 14.1 Å². The van der Waals surface area contributed by atoms with Crippen LogP contribution in [0.4, 0.5) is 13.2 Å². The Bertz CT molecular complexity index is 1700. The van der Waals surface area contributed by atoms with Crippen molar-refractivity contribution in [3.63, 3.8) is 0 Å². The molecule has 10 heteroatoms. The molecule has 0 saturated carbocycles. The van der Waals surface area contributed by atoms with Gasteiger partial charge in [-0.15, -0.1) is 0 Å². The molecule has 5 rings (SSSR count). The lowest BCUT2D eigenvalue weighted by atomic mass is 9.92. The maximum Gasteiger partial charge on any atom is 0.434 e. The average molecular weight is 520 g/mol. The van der Waals surface area contributed by atoms with Gasteiger partial charge in [-0.25, -0.2) is 15.0 Å². The van der Waals surface area contributed by atoms with E-state index >= 15 is 0 Å². The Balaban J connectivity index is 1.53. The van der Waals surface area contributed by atoms with Gasteiger partial charge in [0.2, 0.25) is 5.62 Å². The monoisotopic (exact) mass is 519 g/mol. The van der Waals surface area contributed by atoms with E-state index in [4.69, 9.17) is 10.4 Å². The lowest BCUT2D eigenvalue weighted by Gasteiger charge is -2.15. The third-order valence-electron chi connectivity index (χ3n) is 6.80. The molecule has 0 aliphatic carbocycles. The Morgan fingerprint density at radius 1 is 1.00 bits per heavy atom. The topological polar surface area (TPSA) is 77.3 Å². The molecule has 0 bridgehead atoms. The van der Waals surface area contributed by atoms with E-state index in [2.05, 4.69) is 36.8 Å². The number of nitrogens with one attached hydrogen (secondary N) is 1. The molecule has 3 heterocycles. The number of fused-ring (bicyclic) bond motifs is 1. The van der Waals surface area contributed by atoms with Gasteiger partial charge in [0, 0.05) is 31.4 Å². The molecule has 0 radical (unpaired) electrons. The first-order chi connectivity index (χ1) is 18.0. The second-order valence-electron chi connectivity index (χ2n) is 9.82. The molecule has 3 aromatic heterocycles. The lowest BCUT2D eigenvalue weighted by Crippen LogP contribution is -2.23. The van der Waals surface area contributed by atoms with Gasteiger partial charge in [-0.05, 0) is 29.5 Å². The molecule has 1 N–H and O–H groups in total. The number of halogens is 3. The summed E-state index contributed by atoms with van der Waals surface area (Å²) >= 11 is 0. The molecule has 0 aliphatic rings. The van der Waals surface area contributed by atoms with Crippen molar-refractivity contribution < 1.29 is 13.2 Å². The Morgan fingerprint density at radius 2 is 1.71 bits per heavy atom. The highest BCUT2D eigenvalue weighted by Crippen LogP contribution is 2.32. The van der Waals surface area contributed by atoms with Crippen LogP contribution in [-0.4, -0.2) is 28.7 Å². The van der Waals surface area contributed by atoms with E-state index in [0.29, 0.717) is 29.5 Å².